The third-order valence-corrected chi connectivity index (χ3v) is 2.37. The molecule has 0 aliphatic carbocycles. The molecule has 0 amide bonds. The number of carbonyl (C=O) groups excluding carboxylic acids is 2. The number of carbonyl (C=O) groups is 2. The van der Waals surface area contributed by atoms with Crippen LogP contribution in [0, 0.1) is 0 Å². The molecule has 1 fully saturated rings. The van der Waals surface area contributed by atoms with Gasteiger partial charge < -0.3 is 24.4 Å². The standard InChI is InChI=1S/C10H15FO7/c1-4(13)16-8-6(3-12)18-10(15)7(11)9(8)17-5(2)14/h6-10,12,15H,3H2,1-2H3/t6-,7+,8-,9-,10?/m1/s1. The van der Waals surface area contributed by atoms with E-state index in [-0.39, 0.29) is 0 Å². The molecule has 8 heteroatoms. The minimum Gasteiger partial charge on any atom is -0.456 e. The molecule has 1 rings (SSSR count). The second-order valence-electron chi connectivity index (χ2n) is 3.84. The summed E-state index contributed by atoms with van der Waals surface area (Å²) in [6, 6.07) is 0. The van der Waals surface area contributed by atoms with Gasteiger partial charge >= 0.3 is 11.9 Å². The quantitative estimate of drug-likeness (QED) is 0.625. The average molecular weight is 266 g/mol. The molecule has 1 aliphatic heterocycles. The van der Waals surface area contributed by atoms with Crippen molar-refractivity contribution in [2.24, 2.45) is 0 Å². The van der Waals surface area contributed by atoms with Crippen LogP contribution in [0.25, 0.3) is 0 Å². The van der Waals surface area contributed by atoms with Crippen LogP contribution in [0.1, 0.15) is 13.8 Å². The van der Waals surface area contributed by atoms with E-state index in [9.17, 15) is 19.1 Å². The van der Waals surface area contributed by atoms with Crippen LogP contribution in [0.4, 0.5) is 4.39 Å². The molecule has 0 aromatic carbocycles. The molecule has 7 nitrogen and oxygen atoms in total. The molecule has 0 spiro atoms. The van der Waals surface area contributed by atoms with E-state index in [1.54, 1.807) is 0 Å². The number of aliphatic hydroxyl groups is 2. The van der Waals surface area contributed by atoms with Gasteiger partial charge in [0.25, 0.3) is 0 Å². The van der Waals surface area contributed by atoms with E-state index in [2.05, 4.69) is 4.74 Å². The van der Waals surface area contributed by atoms with Crippen LogP contribution >= 0.6 is 0 Å². The van der Waals surface area contributed by atoms with Crippen LogP contribution in [0.5, 0.6) is 0 Å². The lowest BCUT2D eigenvalue weighted by atomic mass is 9.99. The van der Waals surface area contributed by atoms with E-state index in [1.807, 2.05) is 0 Å². The van der Waals surface area contributed by atoms with Crippen LogP contribution in [-0.2, 0) is 23.8 Å². The smallest absolute Gasteiger partial charge is 0.303 e. The van der Waals surface area contributed by atoms with Gasteiger partial charge in [-0.3, -0.25) is 9.59 Å². The molecule has 2 N–H and O–H groups in total. The first kappa shape index (κ1) is 14.8. The van der Waals surface area contributed by atoms with Crippen molar-refractivity contribution in [2.45, 2.75) is 44.6 Å². The predicted octanol–water partition coefficient (Wildman–Crippen LogP) is -1.10. The zero-order valence-electron chi connectivity index (χ0n) is 9.91. The molecule has 1 aliphatic rings. The van der Waals surface area contributed by atoms with Crippen molar-refractivity contribution in [1.82, 2.24) is 0 Å². The average Bonchev–Trinajstić information content (AvgIpc) is 2.27. The Labute approximate surface area is 102 Å². The van der Waals surface area contributed by atoms with Crippen LogP contribution < -0.4 is 0 Å². The number of alkyl halides is 1. The highest BCUT2D eigenvalue weighted by Crippen LogP contribution is 2.27. The Kier molecular flexibility index (Phi) is 5.00. The molecule has 0 aromatic heterocycles. The first-order valence-electron chi connectivity index (χ1n) is 5.29. The summed E-state index contributed by atoms with van der Waals surface area (Å²) >= 11 is 0. The van der Waals surface area contributed by atoms with Crippen LogP contribution in [0.3, 0.4) is 0 Å². The molecule has 0 bridgehead atoms. The highest BCUT2D eigenvalue weighted by Gasteiger charge is 2.49. The van der Waals surface area contributed by atoms with E-state index < -0.39 is 49.3 Å². The molecule has 1 heterocycles. The van der Waals surface area contributed by atoms with Crippen LogP contribution in [-0.4, -0.2) is 59.5 Å². The van der Waals surface area contributed by atoms with Gasteiger partial charge in [-0.15, -0.1) is 0 Å². The van der Waals surface area contributed by atoms with Gasteiger partial charge in [0.05, 0.1) is 6.61 Å². The molecule has 104 valence electrons. The van der Waals surface area contributed by atoms with Crippen molar-refractivity contribution in [3.8, 4) is 0 Å². The molecule has 18 heavy (non-hydrogen) atoms. The fraction of sp³-hybridized carbons (Fsp3) is 0.800. The van der Waals surface area contributed by atoms with E-state index in [0.29, 0.717) is 0 Å². The first-order chi connectivity index (χ1) is 8.36. The van der Waals surface area contributed by atoms with Crippen molar-refractivity contribution in [2.75, 3.05) is 6.61 Å². The zero-order chi connectivity index (χ0) is 13.9. The van der Waals surface area contributed by atoms with Crippen molar-refractivity contribution in [3.63, 3.8) is 0 Å². The van der Waals surface area contributed by atoms with Crippen molar-refractivity contribution < 1.29 is 38.4 Å². The first-order valence-corrected chi connectivity index (χ1v) is 5.29. The van der Waals surface area contributed by atoms with E-state index in [0.717, 1.165) is 13.8 Å². The van der Waals surface area contributed by atoms with E-state index >= 15 is 0 Å². The highest BCUT2D eigenvalue weighted by molar-refractivity contribution is 5.67. The maximum absolute atomic E-state index is 13.7. The third kappa shape index (κ3) is 3.37. The van der Waals surface area contributed by atoms with Gasteiger partial charge in [-0.2, -0.15) is 0 Å². The van der Waals surface area contributed by atoms with Gasteiger partial charge in [0.1, 0.15) is 6.10 Å². The van der Waals surface area contributed by atoms with Crippen molar-refractivity contribution in [3.05, 3.63) is 0 Å². The van der Waals surface area contributed by atoms with Crippen LogP contribution in [0.15, 0.2) is 0 Å². The number of halogens is 1. The lowest BCUT2D eigenvalue weighted by molar-refractivity contribution is -0.278. The van der Waals surface area contributed by atoms with Gasteiger partial charge in [0, 0.05) is 13.8 Å². The molecular formula is C10H15FO7. The monoisotopic (exact) mass is 266 g/mol. The maximum Gasteiger partial charge on any atom is 0.303 e. The summed E-state index contributed by atoms with van der Waals surface area (Å²) in [7, 11) is 0. The Morgan fingerprint density at radius 3 is 2.17 bits per heavy atom. The summed E-state index contributed by atoms with van der Waals surface area (Å²) in [6.45, 7) is 1.50. The lowest BCUT2D eigenvalue weighted by Gasteiger charge is -2.39. The van der Waals surface area contributed by atoms with E-state index in [1.165, 1.54) is 0 Å². The summed E-state index contributed by atoms with van der Waals surface area (Å²) in [5.41, 5.74) is 0. The van der Waals surface area contributed by atoms with Gasteiger partial charge in [-0.25, -0.2) is 4.39 Å². The summed E-state index contributed by atoms with van der Waals surface area (Å²) in [5, 5.41) is 18.3. The van der Waals surface area contributed by atoms with Crippen molar-refractivity contribution in [1.29, 1.82) is 0 Å². The summed E-state index contributed by atoms with van der Waals surface area (Å²) in [4.78, 5) is 21.8. The maximum atomic E-state index is 13.7. The Morgan fingerprint density at radius 2 is 1.72 bits per heavy atom. The lowest BCUT2D eigenvalue weighted by Crippen LogP contribution is -2.59. The molecule has 0 aromatic rings. The molecule has 5 atom stereocenters. The Morgan fingerprint density at radius 1 is 1.22 bits per heavy atom. The largest absolute Gasteiger partial charge is 0.456 e. The Bertz CT molecular complexity index is 305. The van der Waals surface area contributed by atoms with Crippen LogP contribution in [0.2, 0.25) is 0 Å². The van der Waals surface area contributed by atoms with Gasteiger partial charge in [0.15, 0.2) is 24.7 Å². The fourth-order valence-corrected chi connectivity index (χ4v) is 1.69. The SMILES string of the molecule is CC(=O)O[C@H]1[C@H](OC(C)=O)[C@@H](CO)OC(O)[C@H]1F. The molecule has 1 unspecified atom stereocenters. The second kappa shape index (κ2) is 6.07. The minimum absolute atomic E-state index is 0.626. The van der Waals surface area contributed by atoms with Gasteiger partial charge in [0.2, 0.25) is 0 Å². The Balaban J connectivity index is 2.92. The molecular weight excluding hydrogens is 251 g/mol. The van der Waals surface area contributed by atoms with Gasteiger partial charge in [-0.1, -0.05) is 0 Å². The number of aliphatic hydroxyl groups excluding tert-OH is 2. The topological polar surface area (TPSA) is 102 Å². The Hall–Kier alpha value is -1.25. The minimum atomic E-state index is -2.07. The second-order valence-corrected chi connectivity index (χ2v) is 3.84. The zero-order valence-corrected chi connectivity index (χ0v) is 9.91. The summed E-state index contributed by atoms with van der Waals surface area (Å²) in [6.07, 6.45) is -7.93. The fourth-order valence-electron chi connectivity index (χ4n) is 1.69. The number of esters is 2. The predicted molar refractivity (Wildman–Crippen MR) is 54.0 cm³/mol. The van der Waals surface area contributed by atoms with Crippen molar-refractivity contribution >= 4 is 11.9 Å². The molecule has 1 saturated heterocycles. The highest BCUT2D eigenvalue weighted by atomic mass is 19.1. The normalized spacial score (nSPS) is 35.9. The summed E-state index contributed by atoms with van der Waals surface area (Å²) < 4.78 is 27.9. The number of rotatable bonds is 3. The third-order valence-electron chi connectivity index (χ3n) is 2.37. The molecule has 0 radical (unpaired) electrons. The van der Waals surface area contributed by atoms with Gasteiger partial charge in [-0.05, 0) is 0 Å². The number of hydrogen-bond donors (Lipinski definition) is 2. The summed E-state index contributed by atoms with van der Waals surface area (Å²) in [5.74, 6) is -1.55. The number of ether oxygens (including phenoxy) is 3. The molecule has 0 saturated carbocycles. The number of hydrogen-bond acceptors (Lipinski definition) is 7. The van der Waals surface area contributed by atoms with E-state index in [4.69, 9.17) is 14.6 Å².